The van der Waals surface area contributed by atoms with Gasteiger partial charge in [-0.25, -0.2) is 0 Å². The lowest BCUT2D eigenvalue weighted by atomic mass is 10.1. The van der Waals surface area contributed by atoms with Crippen molar-refractivity contribution in [2.75, 3.05) is 12.3 Å². The fraction of sp³-hybridized carbons (Fsp3) is 0.500. The second kappa shape index (κ2) is 7.48. The lowest BCUT2D eigenvalue weighted by Crippen LogP contribution is -2.25. The van der Waals surface area contributed by atoms with E-state index in [1.165, 1.54) is 11.8 Å². The van der Waals surface area contributed by atoms with Crippen LogP contribution in [0.3, 0.4) is 0 Å². The van der Waals surface area contributed by atoms with Crippen LogP contribution in [0.25, 0.3) is 0 Å². The first-order valence-electron chi connectivity index (χ1n) is 7.24. The zero-order chi connectivity index (χ0) is 14.4. The third-order valence-electron chi connectivity index (χ3n) is 3.31. The normalized spacial score (nSPS) is 14.1. The zero-order valence-electron chi connectivity index (χ0n) is 11.9. The Kier molecular flexibility index (Phi) is 5.65. The maximum absolute atomic E-state index is 11.9. The minimum absolute atomic E-state index is 0.0709. The largest absolute Gasteiger partial charge is 0.355 e. The summed E-state index contributed by atoms with van der Waals surface area (Å²) in [4.78, 5) is 24.5. The van der Waals surface area contributed by atoms with Crippen LogP contribution >= 0.6 is 11.8 Å². The summed E-state index contributed by atoms with van der Waals surface area (Å²) in [6.45, 7) is 2.86. The summed E-state index contributed by atoms with van der Waals surface area (Å²) in [7, 11) is 0. The van der Waals surface area contributed by atoms with Crippen molar-refractivity contribution in [1.82, 2.24) is 5.32 Å². The molecule has 0 spiro atoms. The van der Waals surface area contributed by atoms with Gasteiger partial charge >= 0.3 is 0 Å². The number of rotatable bonds is 8. The number of hydrogen-bond donors (Lipinski definition) is 1. The molecule has 20 heavy (non-hydrogen) atoms. The predicted molar refractivity (Wildman–Crippen MR) is 82.1 cm³/mol. The van der Waals surface area contributed by atoms with Crippen molar-refractivity contribution in [2.24, 2.45) is 5.92 Å². The van der Waals surface area contributed by atoms with Gasteiger partial charge in [0.1, 0.15) is 0 Å². The molecule has 0 saturated heterocycles. The van der Waals surface area contributed by atoms with Gasteiger partial charge in [-0.05, 0) is 31.4 Å². The maximum atomic E-state index is 11.9. The molecule has 0 unspecified atom stereocenters. The Labute approximate surface area is 124 Å². The molecule has 4 heteroatoms. The first-order valence-corrected chi connectivity index (χ1v) is 8.23. The highest BCUT2D eigenvalue weighted by Crippen LogP contribution is 2.33. The van der Waals surface area contributed by atoms with Gasteiger partial charge in [0.2, 0.25) is 5.91 Å². The van der Waals surface area contributed by atoms with E-state index in [2.05, 4.69) is 12.2 Å². The van der Waals surface area contributed by atoms with Gasteiger partial charge in [-0.1, -0.05) is 25.5 Å². The summed E-state index contributed by atoms with van der Waals surface area (Å²) in [6.07, 6.45) is 4.18. The maximum Gasteiger partial charge on any atom is 0.230 e. The highest BCUT2D eigenvalue weighted by Gasteiger charge is 2.30. The van der Waals surface area contributed by atoms with E-state index in [1.807, 2.05) is 24.3 Å². The first kappa shape index (κ1) is 15.1. The van der Waals surface area contributed by atoms with Crippen molar-refractivity contribution < 1.29 is 9.59 Å². The number of benzene rings is 1. The summed E-state index contributed by atoms with van der Waals surface area (Å²) < 4.78 is 0. The summed E-state index contributed by atoms with van der Waals surface area (Å²) in [5, 5.41) is 2.89. The van der Waals surface area contributed by atoms with E-state index in [0.717, 1.165) is 42.7 Å². The Morgan fingerprint density at radius 1 is 1.25 bits per heavy atom. The number of amides is 1. The third-order valence-corrected chi connectivity index (χ3v) is 4.32. The van der Waals surface area contributed by atoms with Gasteiger partial charge in [-0.2, -0.15) is 0 Å². The molecule has 0 aliphatic heterocycles. The minimum atomic E-state index is 0.0709. The lowest BCUT2D eigenvalue weighted by molar-refractivity contribution is -0.118. The highest BCUT2D eigenvalue weighted by molar-refractivity contribution is 8.00. The van der Waals surface area contributed by atoms with Gasteiger partial charge < -0.3 is 5.32 Å². The molecule has 1 saturated carbocycles. The van der Waals surface area contributed by atoms with Crippen molar-refractivity contribution in [3.8, 4) is 0 Å². The van der Waals surface area contributed by atoms with Crippen LogP contribution in [0.5, 0.6) is 0 Å². The number of Topliss-reactive ketones (excluding diaryl/α,β-unsaturated/α-hetero) is 1. The van der Waals surface area contributed by atoms with Crippen LogP contribution in [0.1, 0.15) is 43.0 Å². The zero-order valence-corrected chi connectivity index (χ0v) is 12.7. The molecule has 1 aliphatic rings. The minimum Gasteiger partial charge on any atom is -0.355 e. The third kappa shape index (κ3) is 4.67. The van der Waals surface area contributed by atoms with Crippen molar-refractivity contribution in [3.05, 3.63) is 29.8 Å². The smallest absolute Gasteiger partial charge is 0.230 e. The van der Waals surface area contributed by atoms with Crippen molar-refractivity contribution in [1.29, 1.82) is 0 Å². The SMILES string of the molecule is CCCCNC(=O)CSc1ccc(C(=O)C2CC2)cc1. The molecule has 2 rings (SSSR count). The van der Waals surface area contributed by atoms with Crippen LogP contribution in [0.2, 0.25) is 0 Å². The van der Waals surface area contributed by atoms with E-state index in [0.29, 0.717) is 5.75 Å². The average molecular weight is 291 g/mol. The van der Waals surface area contributed by atoms with E-state index < -0.39 is 0 Å². The van der Waals surface area contributed by atoms with Gasteiger partial charge in [-0.15, -0.1) is 11.8 Å². The molecule has 1 aromatic rings. The van der Waals surface area contributed by atoms with E-state index in [9.17, 15) is 9.59 Å². The van der Waals surface area contributed by atoms with Crippen molar-refractivity contribution in [2.45, 2.75) is 37.5 Å². The second-order valence-electron chi connectivity index (χ2n) is 5.16. The Morgan fingerprint density at radius 2 is 1.95 bits per heavy atom. The van der Waals surface area contributed by atoms with E-state index in [-0.39, 0.29) is 17.6 Å². The van der Waals surface area contributed by atoms with Crippen LogP contribution in [-0.2, 0) is 4.79 Å². The van der Waals surface area contributed by atoms with Crippen LogP contribution in [0.4, 0.5) is 0 Å². The van der Waals surface area contributed by atoms with Gasteiger partial charge in [0, 0.05) is 22.9 Å². The summed E-state index contributed by atoms with van der Waals surface area (Å²) in [6, 6.07) is 7.61. The van der Waals surface area contributed by atoms with Gasteiger partial charge in [0.15, 0.2) is 5.78 Å². The Balaban J connectivity index is 1.75. The molecule has 3 nitrogen and oxygen atoms in total. The standard InChI is InChI=1S/C16H21NO2S/c1-2-3-10-17-15(18)11-20-14-8-6-13(7-9-14)16(19)12-4-5-12/h6-9,12H,2-5,10-11H2,1H3,(H,17,18). The van der Waals surface area contributed by atoms with Gasteiger partial charge in [0.05, 0.1) is 5.75 Å². The van der Waals surface area contributed by atoms with Gasteiger partial charge in [0.25, 0.3) is 0 Å². The number of hydrogen-bond acceptors (Lipinski definition) is 3. The van der Waals surface area contributed by atoms with Crippen LogP contribution in [0.15, 0.2) is 29.2 Å². The summed E-state index contributed by atoms with van der Waals surface area (Å²) >= 11 is 1.51. The molecule has 0 aromatic heterocycles. The molecule has 1 aliphatic carbocycles. The number of carbonyl (C=O) groups is 2. The van der Waals surface area contributed by atoms with Crippen LogP contribution in [0, 0.1) is 5.92 Å². The molecule has 0 atom stereocenters. The van der Waals surface area contributed by atoms with Crippen molar-refractivity contribution >= 4 is 23.5 Å². The molecule has 1 N–H and O–H groups in total. The fourth-order valence-corrected chi connectivity index (χ4v) is 2.63. The molecule has 0 bridgehead atoms. The Morgan fingerprint density at radius 3 is 2.55 bits per heavy atom. The monoisotopic (exact) mass is 291 g/mol. The summed E-state index contributed by atoms with van der Waals surface area (Å²) in [5.41, 5.74) is 0.796. The highest BCUT2D eigenvalue weighted by atomic mass is 32.2. The van der Waals surface area contributed by atoms with E-state index >= 15 is 0 Å². The molecule has 108 valence electrons. The van der Waals surface area contributed by atoms with Gasteiger partial charge in [-0.3, -0.25) is 9.59 Å². The molecule has 1 aromatic carbocycles. The topological polar surface area (TPSA) is 46.2 Å². The molecule has 0 radical (unpaired) electrons. The number of unbranched alkanes of at least 4 members (excludes halogenated alkanes) is 1. The Bertz CT molecular complexity index is 466. The number of thioether (sulfide) groups is 1. The summed E-state index contributed by atoms with van der Waals surface area (Å²) in [5.74, 6) is 1.03. The molecular weight excluding hydrogens is 270 g/mol. The average Bonchev–Trinajstić information content (AvgIpc) is 3.30. The number of carbonyl (C=O) groups excluding carboxylic acids is 2. The van der Waals surface area contributed by atoms with Crippen molar-refractivity contribution in [3.63, 3.8) is 0 Å². The lowest BCUT2D eigenvalue weighted by Gasteiger charge is -2.05. The molecular formula is C16H21NO2S. The predicted octanol–water partition coefficient (Wildman–Crippen LogP) is 3.29. The first-order chi connectivity index (χ1) is 9.70. The molecule has 1 amide bonds. The quantitative estimate of drug-likeness (QED) is 0.454. The number of ketones is 1. The van der Waals surface area contributed by atoms with E-state index in [4.69, 9.17) is 0 Å². The van der Waals surface area contributed by atoms with Crippen LogP contribution < -0.4 is 5.32 Å². The number of nitrogens with one attached hydrogen (secondary N) is 1. The molecule has 1 fully saturated rings. The van der Waals surface area contributed by atoms with Crippen LogP contribution in [-0.4, -0.2) is 24.0 Å². The second-order valence-corrected chi connectivity index (χ2v) is 6.20. The molecule has 0 heterocycles. The Hall–Kier alpha value is -1.29. The van der Waals surface area contributed by atoms with E-state index in [1.54, 1.807) is 0 Å². The fourth-order valence-electron chi connectivity index (χ4n) is 1.90.